The van der Waals surface area contributed by atoms with Crippen LogP contribution in [0.25, 0.3) is 0 Å². The predicted octanol–water partition coefficient (Wildman–Crippen LogP) is 2.03. The highest BCUT2D eigenvalue weighted by molar-refractivity contribution is 5.91. The number of nitrogens with two attached hydrogens (primary N) is 1. The molecule has 0 aromatic heterocycles. The summed E-state index contributed by atoms with van der Waals surface area (Å²) >= 11 is 0. The number of carbonyl (C=O) groups excluding carboxylic acids is 2. The van der Waals surface area contributed by atoms with Crippen LogP contribution >= 0.6 is 0 Å². The second-order valence-corrected chi connectivity index (χ2v) is 6.49. The SMILES string of the molecule is C[C@H](N)C(=O)N[C@@H]1C(=O)N[C@H](c2ccccc2)C=C[C@H]1c1ccccc1. The van der Waals surface area contributed by atoms with Gasteiger partial charge in [0.05, 0.1) is 12.1 Å². The highest BCUT2D eigenvalue weighted by atomic mass is 16.2. The summed E-state index contributed by atoms with van der Waals surface area (Å²) in [5.41, 5.74) is 7.63. The van der Waals surface area contributed by atoms with Crippen LogP contribution in [-0.4, -0.2) is 23.9 Å². The van der Waals surface area contributed by atoms with Crippen LogP contribution in [0.2, 0.25) is 0 Å². The Morgan fingerprint density at radius 1 is 1.00 bits per heavy atom. The van der Waals surface area contributed by atoms with E-state index in [1.807, 2.05) is 72.8 Å². The first-order valence-electron chi connectivity index (χ1n) is 8.71. The van der Waals surface area contributed by atoms with E-state index in [4.69, 9.17) is 5.73 Å². The molecule has 0 saturated carbocycles. The van der Waals surface area contributed by atoms with Crippen molar-refractivity contribution < 1.29 is 9.59 Å². The minimum Gasteiger partial charge on any atom is -0.344 e. The van der Waals surface area contributed by atoms with Crippen LogP contribution in [0.15, 0.2) is 72.8 Å². The Labute approximate surface area is 153 Å². The van der Waals surface area contributed by atoms with Gasteiger partial charge in [0.15, 0.2) is 0 Å². The summed E-state index contributed by atoms with van der Waals surface area (Å²) < 4.78 is 0. The molecule has 0 bridgehead atoms. The van der Waals surface area contributed by atoms with Gasteiger partial charge in [0, 0.05) is 5.92 Å². The fourth-order valence-electron chi connectivity index (χ4n) is 3.07. The molecular formula is C21H23N3O2. The summed E-state index contributed by atoms with van der Waals surface area (Å²) in [5.74, 6) is -0.850. The summed E-state index contributed by atoms with van der Waals surface area (Å²) in [6.45, 7) is 1.60. The largest absolute Gasteiger partial charge is 0.344 e. The third-order valence-electron chi connectivity index (χ3n) is 4.50. The minimum atomic E-state index is -0.721. The summed E-state index contributed by atoms with van der Waals surface area (Å²) in [5, 5.41) is 5.81. The molecule has 5 heteroatoms. The molecule has 0 radical (unpaired) electrons. The summed E-state index contributed by atoms with van der Waals surface area (Å²) in [4.78, 5) is 25.1. The molecule has 1 aliphatic heterocycles. The fraction of sp³-hybridized carbons (Fsp3) is 0.238. The molecule has 0 saturated heterocycles. The van der Waals surface area contributed by atoms with Gasteiger partial charge in [-0.3, -0.25) is 9.59 Å². The van der Waals surface area contributed by atoms with Crippen LogP contribution in [0, 0.1) is 0 Å². The Balaban J connectivity index is 1.95. The molecule has 1 aliphatic rings. The number of rotatable bonds is 4. The maximum atomic E-state index is 12.9. The number of hydrogen-bond acceptors (Lipinski definition) is 3. The monoisotopic (exact) mass is 349 g/mol. The van der Waals surface area contributed by atoms with Gasteiger partial charge < -0.3 is 16.4 Å². The highest BCUT2D eigenvalue weighted by Gasteiger charge is 2.33. The number of benzene rings is 2. The van der Waals surface area contributed by atoms with Crippen LogP contribution in [0.3, 0.4) is 0 Å². The molecule has 5 nitrogen and oxygen atoms in total. The second-order valence-electron chi connectivity index (χ2n) is 6.49. The van der Waals surface area contributed by atoms with Crippen molar-refractivity contribution in [2.75, 3.05) is 0 Å². The lowest BCUT2D eigenvalue weighted by atomic mass is 9.90. The molecule has 134 valence electrons. The molecule has 4 atom stereocenters. The van der Waals surface area contributed by atoms with Crippen molar-refractivity contribution in [3.05, 3.63) is 83.9 Å². The molecule has 0 fully saturated rings. The van der Waals surface area contributed by atoms with Gasteiger partial charge >= 0.3 is 0 Å². The molecule has 4 N–H and O–H groups in total. The topological polar surface area (TPSA) is 84.2 Å². The van der Waals surface area contributed by atoms with E-state index in [1.165, 1.54) is 0 Å². The van der Waals surface area contributed by atoms with Crippen molar-refractivity contribution in [3.63, 3.8) is 0 Å². The van der Waals surface area contributed by atoms with Crippen molar-refractivity contribution in [1.82, 2.24) is 10.6 Å². The number of hydrogen-bond donors (Lipinski definition) is 3. The standard InChI is InChI=1S/C21H23N3O2/c1-14(22)20(25)24-19-17(15-8-4-2-5-9-15)12-13-18(23-21(19)26)16-10-6-3-7-11-16/h2-14,17-19H,22H2,1H3,(H,23,26)(H,24,25)/t14-,17-,18-,19-/m0/s1. The molecule has 0 aliphatic carbocycles. The lowest BCUT2D eigenvalue weighted by Crippen LogP contribution is -2.52. The zero-order valence-corrected chi connectivity index (χ0v) is 14.6. The van der Waals surface area contributed by atoms with Gasteiger partial charge in [-0.2, -0.15) is 0 Å². The molecule has 2 aromatic carbocycles. The first kappa shape index (κ1) is 17.9. The van der Waals surface area contributed by atoms with E-state index in [-0.39, 0.29) is 23.8 Å². The van der Waals surface area contributed by atoms with E-state index in [2.05, 4.69) is 10.6 Å². The summed E-state index contributed by atoms with van der Waals surface area (Å²) in [6, 6.07) is 17.8. The van der Waals surface area contributed by atoms with Crippen LogP contribution < -0.4 is 16.4 Å². The van der Waals surface area contributed by atoms with Crippen molar-refractivity contribution in [2.24, 2.45) is 5.73 Å². The Morgan fingerprint density at radius 2 is 1.58 bits per heavy atom. The Morgan fingerprint density at radius 3 is 2.15 bits per heavy atom. The number of carbonyl (C=O) groups is 2. The molecule has 26 heavy (non-hydrogen) atoms. The third kappa shape index (κ3) is 4.00. The molecule has 2 aromatic rings. The number of amides is 2. The highest BCUT2D eigenvalue weighted by Crippen LogP contribution is 2.27. The average molecular weight is 349 g/mol. The third-order valence-corrected chi connectivity index (χ3v) is 4.50. The van der Waals surface area contributed by atoms with E-state index in [1.54, 1.807) is 6.92 Å². The van der Waals surface area contributed by atoms with Crippen LogP contribution in [0.4, 0.5) is 0 Å². The summed E-state index contributed by atoms with van der Waals surface area (Å²) in [6.07, 6.45) is 3.96. The van der Waals surface area contributed by atoms with Gasteiger partial charge in [-0.05, 0) is 18.1 Å². The second kappa shape index (κ2) is 7.97. The van der Waals surface area contributed by atoms with Crippen molar-refractivity contribution in [1.29, 1.82) is 0 Å². The molecule has 1 heterocycles. The quantitative estimate of drug-likeness (QED) is 0.739. The van der Waals surface area contributed by atoms with Crippen molar-refractivity contribution in [2.45, 2.75) is 31.0 Å². The smallest absolute Gasteiger partial charge is 0.244 e. The fourth-order valence-corrected chi connectivity index (χ4v) is 3.07. The van der Waals surface area contributed by atoms with Gasteiger partial charge in [0.25, 0.3) is 0 Å². The Kier molecular flexibility index (Phi) is 5.49. The molecular weight excluding hydrogens is 326 g/mol. The molecule has 0 unspecified atom stereocenters. The van der Waals surface area contributed by atoms with Gasteiger partial charge in [0.2, 0.25) is 11.8 Å². The molecule has 2 amide bonds. The zero-order chi connectivity index (χ0) is 18.5. The lowest BCUT2D eigenvalue weighted by molar-refractivity contribution is -0.129. The molecule has 0 spiro atoms. The van der Waals surface area contributed by atoms with E-state index < -0.39 is 12.1 Å². The van der Waals surface area contributed by atoms with Gasteiger partial charge in [-0.25, -0.2) is 0 Å². The average Bonchev–Trinajstić information content (AvgIpc) is 2.82. The van der Waals surface area contributed by atoms with Gasteiger partial charge in [-0.1, -0.05) is 72.8 Å². The first-order valence-corrected chi connectivity index (χ1v) is 8.71. The van der Waals surface area contributed by atoms with Gasteiger partial charge in [-0.15, -0.1) is 0 Å². The lowest BCUT2D eigenvalue weighted by Gasteiger charge is -2.25. The zero-order valence-electron chi connectivity index (χ0n) is 14.6. The maximum absolute atomic E-state index is 12.9. The van der Waals surface area contributed by atoms with E-state index in [0.29, 0.717) is 0 Å². The summed E-state index contributed by atoms with van der Waals surface area (Å²) in [7, 11) is 0. The predicted molar refractivity (Wildman–Crippen MR) is 101 cm³/mol. The van der Waals surface area contributed by atoms with Crippen LogP contribution in [0.5, 0.6) is 0 Å². The normalized spacial score (nSPS) is 23.6. The first-order chi connectivity index (χ1) is 12.6. The maximum Gasteiger partial charge on any atom is 0.244 e. The minimum absolute atomic E-state index is 0.230. The van der Waals surface area contributed by atoms with Crippen LogP contribution in [-0.2, 0) is 9.59 Å². The molecule has 3 rings (SSSR count). The van der Waals surface area contributed by atoms with Gasteiger partial charge in [0.1, 0.15) is 6.04 Å². The van der Waals surface area contributed by atoms with Crippen LogP contribution in [0.1, 0.15) is 30.0 Å². The van der Waals surface area contributed by atoms with E-state index >= 15 is 0 Å². The number of nitrogens with one attached hydrogen (secondary N) is 2. The Bertz CT molecular complexity index is 787. The van der Waals surface area contributed by atoms with Crippen molar-refractivity contribution >= 4 is 11.8 Å². The Hall–Kier alpha value is -2.92. The van der Waals surface area contributed by atoms with E-state index in [0.717, 1.165) is 11.1 Å². The van der Waals surface area contributed by atoms with Crippen molar-refractivity contribution in [3.8, 4) is 0 Å². The van der Waals surface area contributed by atoms with E-state index in [9.17, 15) is 9.59 Å².